The van der Waals surface area contributed by atoms with Crippen molar-refractivity contribution in [3.8, 4) is 0 Å². The highest BCUT2D eigenvalue weighted by Crippen LogP contribution is 2.28. The van der Waals surface area contributed by atoms with Crippen LogP contribution in [0.4, 0.5) is 0 Å². The normalized spacial score (nSPS) is 25.3. The van der Waals surface area contributed by atoms with Crippen LogP contribution in [-0.4, -0.2) is 47.4 Å². The lowest BCUT2D eigenvalue weighted by molar-refractivity contribution is 0.0695. The topological polar surface area (TPSA) is 23.6 Å². The van der Waals surface area contributed by atoms with Gasteiger partial charge in [-0.1, -0.05) is 15.9 Å². The van der Waals surface area contributed by atoms with Crippen molar-refractivity contribution in [2.24, 2.45) is 0 Å². The van der Waals surface area contributed by atoms with Gasteiger partial charge in [0.15, 0.2) is 0 Å². The Kier molecular flexibility index (Phi) is 5.12. The van der Waals surface area contributed by atoms with Crippen molar-refractivity contribution in [1.82, 2.24) is 9.80 Å². The summed E-state index contributed by atoms with van der Waals surface area (Å²) in [6, 6.07) is 5.15. The summed E-state index contributed by atoms with van der Waals surface area (Å²) in [5.74, 6) is 0.224. The van der Waals surface area contributed by atoms with Gasteiger partial charge >= 0.3 is 0 Å². The smallest absolute Gasteiger partial charge is 0.254 e. The van der Waals surface area contributed by atoms with Crippen molar-refractivity contribution in [1.29, 1.82) is 0 Å². The van der Waals surface area contributed by atoms with Gasteiger partial charge < -0.3 is 4.90 Å². The zero-order valence-corrected chi connectivity index (χ0v) is 16.0. The van der Waals surface area contributed by atoms with E-state index in [2.05, 4.69) is 32.7 Å². The third-order valence-corrected chi connectivity index (χ3v) is 5.94. The first-order valence-electron chi connectivity index (χ1n) is 8.79. The van der Waals surface area contributed by atoms with Gasteiger partial charge in [-0.2, -0.15) is 0 Å². The SMILES string of the molecule is Cc1cc(Br)cc(C)c1C(=O)N1CCCC1CN1CCCC1C. The third-order valence-electron chi connectivity index (χ3n) is 5.49. The van der Waals surface area contributed by atoms with Gasteiger partial charge in [-0.3, -0.25) is 9.69 Å². The molecule has 0 N–H and O–H groups in total. The summed E-state index contributed by atoms with van der Waals surface area (Å²) < 4.78 is 1.05. The van der Waals surface area contributed by atoms with Crippen molar-refractivity contribution in [2.75, 3.05) is 19.6 Å². The summed E-state index contributed by atoms with van der Waals surface area (Å²) in [5, 5.41) is 0. The first kappa shape index (κ1) is 17.0. The lowest BCUT2D eigenvalue weighted by atomic mass is 10.0. The summed E-state index contributed by atoms with van der Waals surface area (Å²) in [5.41, 5.74) is 3.04. The van der Waals surface area contributed by atoms with Crippen molar-refractivity contribution >= 4 is 21.8 Å². The summed E-state index contributed by atoms with van der Waals surface area (Å²) in [6.45, 7) is 9.53. The first-order chi connectivity index (χ1) is 11.0. The molecular formula is C19H27BrN2O. The molecule has 3 nitrogen and oxygen atoms in total. The molecule has 2 fully saturated rings. The number of carbonyl (C=O) groups is 1. The Balaban J connectivity index is 1.78. The van der Waals surface area contributed by atoms with E-state index in [1.165, 1.54) is 19.4 Å². The van der Waals surface area contributed by atoms with E-state index < -0.39 is 0 Å². The number of hydrogen-bond acceptors (Lipinski definition) is 2. The second-order valence-electron chi connectivity index (χ2n) is 7.20. The molecule has 0 radical (unpaired) electrons. The van der Waals surface area contributed by atoms with Crippen LogP contribution in [0.25, 0.3) is 0 Å². The molecule has 2 aliphatic heterocycles. The molecule has 0 aliphatic carbocycles. The van der Waals surface area contributed by atoms with Gasteiger partial charge in [0.1, 0.15) is 0 Å². The molecule has 4 heteroatoms. The molecule has 3 rings (SSSR count). The minimum absolute atomic E-state index is 0.224. The number of amides is 1. The Hall–Kier alpha value is -0.870. The molecule has 0 aromatic heterocycles. The number of hydrogen-bond donors (Lipinski definition) is 0. The quantitative estimate of drug-likeness (QED) is 0.788. The van der Waals surface area contributed by atoms with E-state index in [1.807, 2.05) is 26.0 Å². The minimum atomic E-state index is 0.224. The highest BCUT2D eigenvalue weighted by Gasteiger charge is 2.33. The molecule has 2 atom stereocenters. The van der Waals surface area contributed by atoms with E-state index in [9.17, 15) is 4.79 Å². The number of likely N-dealkylation sites (tertiary alicyclic amines) is 2. The monoisotopic (exact) mass is 378 g/mol. The van der Waals surface area contributed by atoms with E-state index >= 15 is 0 Å². The summed E-state index contributed by atoms with van der Waals surface area (Å²) in [4.78, 5) is 17.9. The summed E-state index contributed by atoms with van der Waals surface area (Å²) in [6.07, 6.45) is 4.87. The fourth-order valence-electron chi connectivity index (χ4n) is 4.22. The van der Waals surface area contributed by atoms with E-state index in [4.69, 9.17) is 0 Å². The lowest BCUT2D eigenvalue weighted by Gasteiger charge is -2.31. The van der Waals surface area contributed by atoms with Gasteiger partial charge in [-0.25, -0.2) is 0 Å². The highest BCUT2D eigenvalue weighted by atomic mass is 79.9. The molecule has 0 spiro atoms. The molecule has 126 valence electrons. The summed E-state index contributed by atoms with van der Waals surface area (Å²) in [7, 11) is 0. The predicted octanol–water partition coefficient (Wildman–Crippen LogP) is 4.15. The number of halogens is 1. The molecule has 2 saturated heterocycles. The average Bonchev–Trinajstić information content (AvgIpc) is 3.08. The minimum Gasteiger partial charge on any atom is -0.334 e. The second-order valence-corrected chi connectivity index (χ2v) is 8.11. The Labute approximate surface area is 148 Å². The van der Waals surface area contributed by atoms with Crippen molar-refractivity contribution in [3.63, 3.8) is 0 Å². The predicted molar refractivity (Wildman–Crippen MR) is 97.9 cm³/mol. The van der Waals surface area contributed by atoms with Gasteiger partial charge in [0, 0.05) is 35.2 Å². The Bertz CT molecular complexity index is 578. The van der Waals surface area contributed by atoms with Gasteiger partial charge in [-0.15, -0.1) is 0 Å². The lowest BCUT2D eigenvalue weighted by Crippen LogP contribution is -2.44. The van der Waals surface area contributed by atoms with Crippen molar-refractivity contribution < 1.29 is 4.79 Å². The fourth-order valence-corrected chi connectivity index (χ4v) is 4.91. The number of rotatable bonds is 3. The number of carbonyl (C=O) groups excluding carboxylic acids is 1. The molecule has 1 aromatic rings. The van der Waals surface area contributed by atoms with Crippen LogP contribution in [-0.2, 0) is 0 Å². The standard InChI is InChI=1S/C19H27BrN2O/c1-13-10-16(20)11-14(2)18(13)19(23)22-9-5-7-17(22)12-21-8-4-6-15(21)3/h10-11,15,17H,4-9,12H2,1-3H3. The third kappa shape index (κ3) is 3.48. The van der Waals surface area contributed by atoms with Crippen molar-refractivity contribution in [2.45, 2.75) is 58.5 Å². The molecule has 1 amide bonds. The molecule has 0 saturated carbocycles. The van der Waals surface area contributed by atoms with Crippen LogP contribution in [0.5, 0.6) is 0 Å². The van der Waals surface area contributed by atoms with E-state index in [0.29, 0.717) is 12.1 Å². The van der Waals surface area contributed by atoms with E-state index in [0.717, 1.165) is 47.1 Å². The number of aryl methyl sites for hydroxylation is 2. The molecule has 2 unspecified atom stereocenters. The average molecular weight is 379 g/mol. The maximum atomic E-state index is 13.2. The molecule has 23 heavy (non-hydrogen) atoms. The Morgan fingerprint density at radius 3 is 2.43 bits per heavy atom. The molecule has 2 heterocycles. The van der Waals surface area contributed by atoms with Gasteiger partial charge in [0.2, 0.25) is 0 Å². The second kappa shape index (κ2) is 6.94. The first-order valence-corrected chi connectivity index (χ1v) is 9.58. The van der Waals surface area contributed by atoms with E-state index in [1.54, 1.807) is 0 Å². The molecule has 1 aromatic carbocycles. The van der Waals surface area contributed by atoms with Gasteiger partial charge in [0.25, 0.3) is 5.91 Å². The zero-order valence-electron chi connectivity index (χ0n) is 14.4. The fraction of sp³-hybridized carbons (Fsp3) is 0.632. The van der Waals surface area contributed by atoms with Crippen LogP contribution in [0, 0.1) is 13.8 Å². The van der Waals surface area contributed by atoms with Crippen LogP contribution in [0.3, 0.4) is 0 Å². The maximum Gasteiger partial charge on any atom is 0.254 e. The van der Waals surface area contributed by atoms with Crippen LogP contribution < -0.4 is 0 Å². The van der Waals surface area contributed by atoms with Crippen LogP contribution >= 0.6 is 15.9 Å². The number of nitrogens with zero attached hydrogens (tertiary/aromatic N) is 2. The largest absolute Gasteiger partial charge is 0.334 e. The molecule has 2 aliphatic rings. The van der Waals surface area contributed by atoms with Crippen molar-refractivity contribution in [3.05, 3.63) is 33.3 Å². The van der Waals surface area contributed by atoms with Gasteiger partial charge in [-0.05, 0) is 76.3 Å². The molecule has 0 bridgehead atoms. The maximum absolute atomic E-state index is 13.2. The zero-order chi connectivity index (χ0) is 16.6. The Morgan fingerprint density at radius 2 is 1.83 bits per heavy atom. The number of benzene rings is 1. The van der Waals surface area contributed by atoms with Crippen LogP contribution in [0.2, 0.25) is 0 Å². The van der Waals surface area contributed by atoms with Crippen LogP contribution in [0.1, 0.15) is 54.1 Å². The van der Waals surface area contributed by atoms with Crippen LogP contribution in [0.15, 0.2) is 16.6 Å². The van der Waals surface area contributed by atoms with E-state index in [-0.39, 0.29) is 5.91 Å². The Morgan fingerprint density at radius 1 is 1.17 bits per heavy atom. The summed E-state index contributed by atoms with van der Waals surface area (Å²) >= 11 is 3.52. The highest BCUT2D eigenvalue weighted by molar-refractivity contribution is 9.10. The molecular weight excluding hydrogens is 352 g/mol. The van der Waals surface area contributed by atoms with Gasteiger partial charge in [0.05, 0.1) is 0 Å².